The number of amides is 1. The Morgan fingerprint density at radius 2 is 2.23 bits per heavy atom. The number of carbonyl (C=O) groups is 1. The molecular weight excluding hydrogens is 283 g/mol. The molecule has 118 valence electrons. The summed E-state index contributed by atoms with van der Waals surface area (Å²) in [7, 11) is 0. The fourth-order valence-corrected chi connectivity index (χ4v) is 3.59. The van der Waals surface area contributed by atoms with Gasteiger partial charge in [-0.15, -0.1) is 0 Å². The van der Waals surface area contributed by atoms with Gasteiger partial charge >= 0.3 is 0 Å². The van der Waals surface area contributed by atoms with Crippen LogP contribution in [0.15, 0.2) is 12.1 Å². The van der Waals surface area contributed by atoms with Crippen molar-refractivity contribution in [3.05, 3.63) is 29.3 Å². The zero-order valence-electron chi connectivity index (χ0n) is 13.1. The van der Waals surface area contributed by atoms with Crippen LogP contribution in [0.4, 0.5) is 4.39 Å². The molecule has 0 radical (unpaired) electrons. The van der Waals surface area contributed by atoms with E-state index in [0.29, 0.717) is 17.1 Å². The Bertz CT molecular complexity index is 739. The van der Waals surface area contributed by atoms with Crippen molar-refractivity contribution in [2.45, 2.75) is 45.2 Å². The van der Waals surface area contributed by atoms with Crippen LogP contribution in [0.2, 0.25) is 0 Å². The molecule has 1 saturated heterocycles. The molecule has 3 rings (SSSR count). The molecule has 0 unspecified atom stereocenters. The van der Waals surface area contributed by atoms with Gasteiger partial charge in [-0.3, -0.25) is 9.69 Å². The van der Waals surface area contributed by atoms with E-state index in [1.54, 1.807) is 0 Å². The lowest BCUT2D eigenvalue weighted by molar-refractivity contribution is 0.100. The van der Waals surface area contributed by atoms with E-state index in [2.05, 4.69) is 35.6 Å². The van der Waals surface area contributed by atoms with Gasteiger partial charge in [0.15, 0.2) is 0 Å². The molecule has 1 amide bonds. The number of primary amides is 1. The second kappa shape index (κ2) is 5.05. The molecule has 1 aliphatic rings. The summed E-state index contributed by atoms with van der Waals surface area (Å²) in [5.41, 5.74) is 6.19. The Kier molecular flexibility index (Phi) is 3.44. The summed E-state index contributed by atoms with van der Waals surface area (Å²) in [5, 5.41) is 0. The lowest BCUT2D eigenvalue weighted by Crippen LogP contribution is -2.43. The number of likely N-dealkylation sites (tertiary alicyclic amines) is 1. The summed E-state index contributed by atoms with van der Waals surface area (Å²) in [4.78, 5) is 21.7. The summed E-state index contributed by atoms with van der Waals surface area (Å²) in [6, 6.07) is 2.89. The minimum atomic E-state index is -0.667. The molecule has 0 aliphatic carbocycles. The van der Waals surface area contributed by atoms with Gasteiger partial charge in [0, 0.05) is 6.04 Å². The molecule has 2 aromatic rings. The third-order valence-electron chi connectivity index (χ3n) is 4.65. The minimum Gasteiger partial charge on any atom is -0.366 e. The van der Waals surface area contributed by atoms with Crippen molar-refractivity contribution in [2.24, 2.45) is 5.73 Å². The lowest BCUT2D eigenvalue weighted by Gasteiger charge is -2.36. The number of carbonyl (C=O) groups excluding carboxylic acids is 1. The van der Waals surface area contributed by atoms with Gasteiger partial charge in [0.25, 0.3) is 5.91 Å². The number of halogens is 1. The average Bonchev–Trinajstić information content (AvgIpc) is 3.01. The van der Waals surface area contributed by atoms with Gasteiger partial charge in [-0.2, -0.15) is 0 Å². The molecule has 0 spiro atoms. The number of nitrogens with zero attached hydrogens (tertiary/aromatic N) is 2. The summed E-state index contributed by atoms with van der Waals surface area (Å²) >= 11 is 0. The number of fused-ring (bicyclic) bond motifs is 1. The maximum atomic E-state index is 13.7. The highest BCUT2D eigenvalue weighted by Crippen LogP contribution is 2.39. The molecule has 6 heteroatoms. The molecule has 3 N–H and O–H groups in total. The van der Waals surface area contributed by atoms with E-state index in [9.17, 15) is 9.18 Å². The van der Waals surface area contributed by atoms with E-state index >= 15 is 0 Å². The van der Waals surface area contributed by atoms with Crippen LogP contribution >= 0.6 is 0 Å². The zero-order chi connectivity index (χ0) is 16.1. The number of hydrogen-bond acceptors (Lipinski definition) is 3. The second-order valence-corrected chi connectivity index (χ2v) is 6.46. The summed E-state index contributed by atoms with van der Waals surface area (Å²) < 4.78 is 13.7. The van der Waals surface area contributed by atoms with E-state index in [4.69, 9.17) is 5.73 Å². The highest BCUT2D eigenvalue weighted by atomic mass is 19.1. The van der Waals surface area contributed by atoms with Gasteiger partial charge in [0.1, 0.15) is 17.2 Å². The fraction of sp³-hybridized carbons (Fsp3) is 0.500. The summed E-state index contributed by atoms with van der Waals surface area (Å²) in [6.07, 6.45) is 2.06. The van der Waals surface area contributed by atoms with Gasteiger partial charge in [0.05, 0.1) is 16.6 Å². The molecule has 1 fully saturated rings. The lowest BCUT2D eigenvalue weighted by atomic mass is 9.97. The van der Waals surface area contributed by atoms with Gasteiger partial charge in [0.2, 0.25) is 0 Å². The highest BCUT2D eigenvalue weighted by Gasteiger charge is 2.42. The first-order chi connectivity index (χ1) is 10.3. The maximum absolute atomic E-state index is 13.7. The molecule has 2 heterocycles. The maximum Gasteiger partial charge on any atom is 0.251 e. The van der Waals surface area contributed by atoms with Crippen LogP contribution < -0.4 is 5.73 Å². The second-order valence-electron chi connectivity index (χ2n) is 6.46. The first-order valence-electron chi connectivity index (χ1n) is 7.59. The Balaban J connectivity index is 2.17. The Labute approximate surface area is 128 Å². The molecule has 22 heavy (non-hydrogen) atoms. The topological polar surface area (TPSA) is 75.0 Å². The van der Waals surface area contributed by atoms with Crippen LogP contribution in [-0.2, 0) is 5.54 Å². The summed E-state index contributed by atoms with van der Waals surface area (Å²) in [5.74, 6) is -0.393. The normalized spacial score (nSPS) is 22.8. The third-order valence-corrected chi connectivity index (χ3v) is 4.65. The molecular formula is C16H21FN4O. The standard InChI is InChI=1S/C16H21FN4O/c1-9(2)21-6-4-5-16(21,3)15-19-12-8-10(17)7-11(14(18)22)13(12)20-15/h7-9H,4-6H2,1-3H3,(H2,18,22)(H,19,20)/t16-/m1/s1. The number of nitrogens with one attached hydrogen (secondary N) is 1. The number of nitrogens with two attached hydrogens (primary N) is 1. The number of H-pyrrole nitrogens is 1. The van der Waals surface area contributed by atoms with Crippen LogP contribution in [0.3, 0.4) is 0 Å². The SMILES string of the molecule is CC(C)N1CCC[C@]1(C)c1nc2c(C(N)=O)cc(F)cc2[nH]1. The molecule has 1 aromatic heterocycles. The third kappa shape index (κ3) is 2.18. The van der Waals surface area contributed by atoms with Gasteiger partial charge in [-0.1, -0.05) is 0 Å². The first kappa shape index (κ1) is 15.0. The van der Waals surface area contributed by atoms with Gasteiger partial charge < -0.3 is 10.7 Å². The smallest absolute Gasteiger partial charge is 0.251 e. The van der Waals surface area contributed by atoms with Crippen LogP contribution in [0.25, 0.3) is 11.0 Å². The van der Waals surface area contributed by atoms with Crippen molar-refractivity contribution in [2.75, 3.05) is 6.54 Å². The van der Waals surface area contributed by atoms with E-state index < -0.39 is 11.7 Å². The Morgan fingerprint density at radius 3 is 2.86 bits per heavy atom. The molecule has 1 aromatic carbocycles. The predicted octanol–water partition coefficient (Wildman–Crippen LogP) is 2.52. The zero-order valence-corrected chi connectivity index (χ0v) is 13.1. The summed E-state index contributed by atoms with van der Waals surface area (Å²) in [6.45, 7) is 7.45. The van der Waals surface area contributed by atoms with E-state index in [1.807, 2.05) is 0 Å². The highest BCUT2D eigenvalue weighted by molar-refractivity contribution is 6.04. The monoisotopic (exact) mass is 304 g/mol. The number of hydrogen-bond donors (Lipinski definition) is 2. The number of rotatable bonds is 3. The van der Waals surface area contributed by atoms with Crippen molar-refractivity contribution in [1.82, 2.24) is 14.9 Å². The fourth-order valence-electron chi connectivity index (χ4n) is 3.59. The molecule has 0 saturated carbocycles. The molecule has 5 nitrogen and oxygen atoms in total. The molecule has 1 aliphatic heterocycles. The van der Waals surface area contributed by atoms with Crippen molar-refractivity contribution >= 4 is 16.9 Å². The Hall–Kier alpha value is -1.95. The predicted molar refractivity (Wildman–Crippen MR) is 83.0 cm³/mol. The molecule has 1 atom stereocenters. The minimum absolute atomic E-state index is 0.121. The van der Waals surface area contributed by atoms with Gasteiger partial charge in [-0.25, -0.2) is 9.37 Å². The van der Waals surface area contributed by atoms with Crippen molar-refractivity contribution in [3.63, 3.8) is 0 Å². The molecule has 0 bridgehead atoms. The Morgan fingerprint density at radius 1 is 1.50 bits per heavy atom. The van der Waals surface area contributed by atoms with Crippen LogP contribution in [0, 0.1) is 5.82 Å². The first-order valence-corrected chi connectivity index (χ1v) is 7.59. The van der Waals surface area contributed by atoms with Crippen LogP contribution in [0.5, 0.6) is 0 Å². The van der Waals surface area contributed by atoms with Crippen molar-refractivity contribution < 1.29 is 9.18 Å². The van der Waals surface area contributed by atoms with E-state index in [-0.39, 0.29) is 11.1 Å². The quantitative estimate of drug-likeness (QED) is 0.915. The van der Waals surface area contributed by atoms with Crippen molar-refractivity contribution in [1.29, 1.82) is 0 Å². The van der Waals surface area contributed by atoms with E-state index in [1.165, 1.54) is 6.07 Å². The van der Waals surface area contributed by atoms with Crippen molar-refractivity contribution in [3.8, 4) is 0 Å². The number of benzene rings is 1. The number of aromatic nitrogens is 2. The van der Waals surface area contributed by atoms with E-state index in [0.717, 1.165) is 31.3 Å². The largest absolute Gasteiger partial charge is 0.366 e. The van der Waals surface area contributed by atoms with Crippen LogP contribution in [-0.4, -0.2) is 33.4 Å². The van der Waals surface area contributed by atoms with Gasteiger partial charge in [-0.05, 0) is 52.3 Å². The average molecular weight is 304 g/mol. The number of aromatic amines is 1. The number of imidazole rings is 1. The van der Waals surface area contributed by atoms with Crippen LogP contribution in [0.1, 0.15) is 49.8 Å².